The van der Waals surface area contributed by atoms with Crippen LogP contribution in [0.1, 0.15) is 44.2 Å². The third-order valence-electron chi connectivity index (χ3n) is 4.34. The highest BCUT2D eigenvalue weighted by Crippen LogP contribution is 2.20. The van der Waals surface area contributed by atoms with Crippen LogP contribution in [-0.2, 0) is 0 Å². The van der Waals surface area contributed by atoms with Crippen LogP contribution in [0.5, 0.6) is 0 Å². The molecule has 0 bridgehead atoms. The smallest absolute Gasteiger partial charge is 0.291 e. The Labute approximate surface area is 136 Å². The number of benzene rings is 1. The highest BCUT2D eigenvalue weighted by molar-refractivity contribution is 5.92. The molecule has 1 saturated heterocycles. The number of carbonyl (C=O) groups is 1. The summed E-state index contributed by atoms with van der Waals surface area (Å²) in [4.78, 5) is 19.1. The van der Waals surface area contributed by atoms with E-state index in [1.54, 1.807) is 0 Å². The van der Waals surface area contributed by atoms with Crippen LogP contribution in [0.4, 0.5) is 0 Å². The number of amides is 1. The van der Waals surface area contributed by atoms with Gasteiger partial charge in [0.25, 0.3) is 5.91 Å². The number of carbonyl (C=O) groups excluding carboxylic acids is 1. The van der Waals surface area contributed by atoms with Crippen molar-refractivity contribution in [2.45, 2.75) is 45.2 Å². The molecule has 0 spiro atoms. The molecule has 1 aliphatic heterocycles. The molecule has 1 amide bonds. The Bertz CT molecular complexity index is 701. The Hall–Kier alpha value is -2.08. The molecule has 0 aliphatic carbocycles. The van der Waals surface area contributed by atoms with Crippen LogP contribution in [-0.4, -0.2) is 50.7 Å². The Morgan fingerprint density at radius 1 is 1.13 bits per heavy atom. The van der Waals surface area contributed by atoms with Crippen molar-refractivity contribution in [1.29, 1.82) is 0 Å². The molecule has 1 aromatic heterocycles. The van der Waals surface area contributed by atoms with Crippen LogP contribution in [0.3, 0.4) is 0 Å². The predicted molar refractivity (Wildman–Crippen MR) is 89.1 cm³/mol. The molecule has 1 aliphatic rings. The summed E-state index contributed by atoms with van der Waals surface area (Å²) in [5.74, 6) is -0.0978. The first-order valence-electron chi connectivity index (χ1n) is 8.09. The van der Waals surface area contributed by atoms with Gasteiger partial charge in [-0.05, 0) is 45.7 Å². The number of hydrogen-bond donors (Lipinski definition) is 1. The fourth-order valence-corrected chi connectivity index (χ4v) is 2.92. The Kier molecular flexibility index (Phi) is 4.26. The van der Waals surface area contributed by atoms with Gasteiger partial charge in [-0.3, -0.25) is 9.69 Å². The molecular formula is C17H23N5O. The van der Waals surface area contributed by atoms with E-state index in [9.17, 15) is 4.79 Å². The lowest BCUT2D eigenvalue weighted by atomic mass is 9.98. The minimum Gasteiger partial charge on any atom is -0.346 e. The molecule has 0 atom stereocenters. The highest BCUT2D eigenvalue weighted by Gasteiger charge is 2.28. The normalized spacial score (nSPS) is 17.3. The van der Waals surface area contributed by atoms with Gasteiger partial charge in [0.2, 0.25) is 5.82 Å². The first kappa shape index (κ1) is 15.8. The molecule has 2 aromatic rings. The zero-order valence-electron chi connectivity index (χ0n) is 13.9. The quantitative estimate of drug-likeness (QED) is 0.918. The fraction of sp³-hybridized carbons (Fsp3) is 0.529. The SMILES string of the molecule is CC(C)(C)N1CCC(NC(=O)c2nnc3ccccc3n2)CC1. The zero-order chi connectivity index (χ0) is 16.4. The standard InChI is InChI=1S/C17H23N5O/c1-17(2,3)22-10-8-12(9-11-22)18-16(23)15-19-13-6-4-5-7-14(13)20-21-15/h4-7,12H,8-11H2,1-3H3,(H,18,23). The molecule has 1 fully saturated rings. The lowest BCUT2D eigenvalue weighted by molar-refractivity contribution is 0.0805. The summed E-state index contributed by atoms with van der Waals surface area (Å²) >= 11 is 0. The lowest BCUT2D eigenvalue weighted by Gasteiger charge is -2.40. The number of hydrogen-bond acceptors (Lipinski definition) is 5. The predicted octanol–water partition coefficient (Wildman–Crippen LogP) is 2.02. The van der Waals surface area contributed by atoms with Crippen LogP contribution in [0.15, 0.2) is 24.3 Å². The maximum atomic E-state index is 12.3. The van der Waals surface area contributed by atoms with Gasteiger partial charge in [-0.15, -0.1) is 10.2 Å². The van der Waals surface area contributed by atoms with Gasteiger partial charge >= 0.3 is 0 Å². The number of para-hydroxylation sites is 1. The number of piperidine rings is 1. The van der Waals surface area contributed by atoms with Crippen molar-refractivity contribution in [3.63, 3.8) is 0 Å². The van der Waals surface area contributed by atoms with Crippen molar-refractivity contribution < 1.29 is 4.79 Å². The first-order chi connectivity index (χ1) is 10.9. The molecule has 6 nitrogen and oxygen atoms in total. The second-order valence-electron chi connectivity index (χ2n) is 7.03. The molecular weight excluding hydrogens is 290 g/mol. The molecule has 1 N–H and O–H groups in total. The second-order valence-corrected chi connectivity index (χ2v) is 7.03. The summed E-state index contributed by atoms with van der Waals surface area (Å²) < 4.78 is 0. The minimum absolute atomic E-state index is 0.141. The minimum atomic E-state index is -0.238. The van der Waals surface area contributed by atoms with Crippen molar-refractivity contribution in [1.82, 2.24) is 25.4 Å². The van der Waals surface area contributed by atoms with Crippen LogP contribution >= 0.6 is 0 Å². The van der Waals surface area contributed by atoms with E-state index < -0.39 is 0 Å². The third-order valence-corrected chi connectivity index (χ3v) is 4.34. The van der Waals surface area contributed by atoms with Gasteiger partial charge in [-0.2, -0.15) is 0 Å². The van der Waals surface area contributed by atoms with E-state index in [1.165, 1.54) is 0 Å². The summed E-state index contributed by atoms with van der Waals surface area (Å²) in [5.41, 5.74) is 1.57. The van der Waals surface area contributed by atoms with Gasteiger partial charge in [0.1, 0.15) is 5.52 Å². The van der Waals surface area contributed by atoms with E-state index in [0.717, 1.165) is 25.9 Å². The number of likely N-dealkylation sites (tertiary alicyclic amines) is 1. The summed E-state index contributed by atoms with van der Waals surface area (Å²) in [5, 5.41) is 11.0. The Balaban J connectivity index is 1.63. The molecule has 23 heavy (non-hydrogen) atoms. The second kappa shape index (κ2) is 6.20. The van der Waals surface area contributed by atoms with E-state index >= 15 is 0 Å². The molecule has 0 radical (unpaired) electrons. The summed E-state index contributed by atoms with van der Waals surface area (Å²) in [6, 6.07) is 7.60. The van der Waals surface area contributed by atoms with E-state index in [1.807, 2.05) is 24.3 Å². The average Bonchev–Trinajstić information content (AvgIpc) is 2.54. The van der Waals surface area contributed by atoms with Crippen molar-refractivity contribution in [3.05, 3.63) is 30.1 Å². The zero-order valence-corrected chi connectivity index (χ0v) is 13.9. The monoisotopic (exact) mass is 313 g/mol. The van der Waals surface area contributed by atoms with Gasteiger partial charge < -0.3 is 5.32 Å². The van der Waals surface area contributed by atoms with Gasteiger partial charge in [-0.1, -0.05) is 12.1 Å². The van der Waals surface area contributed by atoms with E-state index in [2.05, 4.69) is 46.2 Å². The van der Waals surface area contributed by atoms with E-state index in [-0.39, 0.29) is 23.3 Å². The van der Waals surface area contributed by atoms with Crippen LogP contribution in [0.25, 0.3) is 11.0 Å². The largest absolute Gasteiger partial charge is 0.346 e. The number of rotatable bonds is 2. The fourth-order valence-electron chi connectivity index (χ4n) is 2.92. The topological polar surface area (TPSA) is 71.0 Å². The highest BCUT2D eigenvalue weighted by atomic mass is 16.2. The van der Waals surface area contributed by atoms with Crippen molar-refractivity contribution in [2.24, 2.45) is 0 Å². The molecule has 2 heterocycles. The molecule has 0 unspecified atom stereocenters. The molecule has 1 aromatic carbocycles. The van der Waals surface area contributed by atoms with Gasteiger partial charge in [0.15, 0.2) is 0 Å². The molecule has 0 saturated carbocycles. The first-order valence-corrected chi connectivity index (χ1v) is 8.09. The molecule has 3 rings (SSSR count). The number of aromatic nitrogens is 3. The maximum absolute atomic E-state index is 12.3. The maximum Gasteiger partial charge on any atom is 0.291 e. The summed E-state index contributed by atoms with van der Waals surface area (Å²) in [6.45, 7) is 8.65. The van der Waals surface area contributed by atoms with Gasteiger partial charge in [-0.25, -0.2) is 4.98 Å². The van der Waals surface area contributed by atoms with Gasteiger partial charge in [0, 0.05) is 24.7 Å². The molecule has 122 valence electrons. The van der Waals surface area contributed by atoms with Crippen LogP contribution in [0, 0.1) is 0 Å². The average molecular weight is 313 g/mol. The number of nitrogens with zero attached hydrogens (tertiary/aromatic N) is 4. The molecule has 6 heteroatoms. The van der Waals surface area contributed by atoms with Crippen LogP contribution < -0.4 is 5.32 Å². The van der Waals surface area contributed by atoms with E-state index in [0.29, 0.717) is 11.0 Å². The summed E-state index contributed by atoms with van der Waals surface area (Å²) in [7, 11) is 0. The number of nitrogens with one attached hydrogen (secondary N) is 1. The third kappa shape index (κ3) is 3.64. The lowest BCUT2D eigenvalue weighted by Crippen LogP contribution is -2.51. The van der Waals surface area contributed by atoms with E-state index in [4.69, 9.17) is 0 Å². The van der Waals surface area contributed by atoms with Crippen molar-refractivity contribution in [3.8, 4) is 0 Å². The Morgan fingerprint density at radius 2 is 1.78 bits per heavy atom. The Morgan fingerprint density at radius 3 is 2.43 bits per heavy atom. The van der Waals surface area contributed by atoms with Crippen molar-refractivity contribution >= 4 is 16.9 Å². The summed E-state index contributed by atoms with van der Waals surface area (Å²) in [6.07, 6.45) is 1.90. The van der Waals surface area contributed by atoms with Crippen molar-refractivity contribution in [2.75, 3.05) is 13.1 Å². The number of fused-ring (bicyclic) bond motifs is 1. The van der Waals surface area contributed by atoms with Gasteiger partial charge in [0.05, 0.1) is 5.52 Å². The van der Waals surface area contributed by atoms with Crippen LogP contribution in [0.2, 0.25) is 0 Å².